The van der Waals surface area contributed by atoms with Gasteiger partial charge in [-0.15, -0.1) is 0 Å². The molecule has 2 aromatic carbocycles. The van der Waals surface area contributed by atoms with E-state index in [4.69, 9.17) is 4.74 Å². The first-order valence-electron chi connectivity index (χ1n) is 8.98. The Morgan fingerprint density at radius 2 is 1.68 bits per heavy atom. The summed E-state index contributed by atoms with van der Waals surface area (Å²) in [6.07, 6.45) is 1.45. The molecule has 3 aromatic rings. The number of nitrogens with zero attached hydrogens (tertiary/aromatic N) is 3. The molecule has 1 aliphatic heterocycles. The molecule has 0 bridgehead atoms. The Hall–Kier alpha value is -3.74. The van der Waals surface area contributed by atoms with Crippen LogP contribution in [0.25, 0.3) is 11.1 Å². The monoisotopic (exact) mass is 376 g/mol. The SMILES string of the molecule is CC.O=C1CNC(=O)N1c1nccc(Oc2ccccc2-c2ccccc2)n1. The molecule has 0 radical (unpaired) electrons. The molecule has 142 valence electrons. The molecular formula is C21H20N4O3. The summed E-state index contributed by atoms with van der Waals surface area (Å²) in [7, 11) is 0. The molecule has 1 fully saturated rings. The van der Waals surface area contributed by atoms with Crippen LogP contribution in [-0.2, 0) is 4.79 Å². The van der Waals surface area contributed by atoms with Gasteiger partial charge in [0.25, 0.3) is 5.91 Å². The zero-order valence-corrected chi connectivity index (χ0v) is 15.6. The summed E-state index contributed by atoms with van der Waals surface area (Å²) < 4.78 is 5.91. The highest BCUT2D eigenvalue weighted by Crippen LogP contribution is 2.32. The largest absolute Gasteiger partial charge is 0.438 e. The van der Waals surface area contributed by atoms with Gasteiger partial charge in [0.15, 0.2) is 0 Å². The number of hydrogen-bond donors (Lipinski definition) is 1. The lowest BCUT2D eigenvalue weighted by atomic mass is 10.1. The number of para-hydroxylation sites is 1. The minimum absolute atomic E-state index is 0.0142. The van der Waals surface area contributed by atoms with Gasteiger partial charge in [0.2, 0.25) is 11.8 Å². The highest BCUT2D eigenvalue weighted by Gasteiger charge is 2.32. The molecule has 0 unspecified atom stereocenters. The lowest BCUT2D eigenvalue weighted by Crippen LogP contribution is -2.32. The first kappa shape index (κ1) is 19.0. The number of rotatable bonds is 4. The van der Waals surface area contributed by atoms with Crippen molar-refractivity contribution in [3.63, 3.8) is 0 Å². The number of anilines is 1. The van der Waals surface area contributed by atoms with E-state index in [1.54, 1.807) is 6.07 Å². The number of imide groups is 1. The molecule has 0 atom stereocenters. The number of benzene rings is 2. The second-order valence-corrected chi connectivity index (χ2v) is 5.55. The lowest BCUT2D eigenvalue weighted by molar-refractivity contribution is -0.115. The molecule has 0 aliphatic carbocycles. The Bertz CT molecular complexity index is 960. The minimum atomic E-state index is -0.545. The van der Waals surface area contributed by atoms with Crippen molar-refractivity contribution in [1.82, 2.24) is 15.3 Å². The Kier molecular flexibility index (Phi) is 5.96. The molecule has 7 heteroatoms. The van der Waals surface area contributed by atoms with Crippen molar-refractivity contribution in [3.8, 4) is 22.8 Å². The van der Waals surface area contributed by atoms with Gasteiger partial charge in [0.05, 0.1) is 6.54 Å². The van der Waals surface area contributed by atoms with Crippen molar-refractivity contribution in [1.29, 1.82) is 0 Å². The van der Waals surface area contributed by atoms with Crippen LogP contribution in [0.5, 0.6) is 11.6 Å². The first-order chi connectivity index (χ1) is 13.7. The zero-order valence-electron chi connectivity index (χ0n) is 15.6. The number of nitrogens with one attached hydrogen (secondary N) is 1. The number of carbonyl (C=O) groups excluding carboxylic acids is 2. The van der Waals surface area contributed by atoms with E-state index in [9.17, 15) is 9.59 Å². The van der Waals surface area contributed by atoms with E-state index in [0.717, 1.165) is 16.0 Å². The summed E-state index contributed by atoms with van der Waals surface area (Å²) >= 11 is 0. The fourth-order valence-corrected chi connectivity index (χ4v) is 2.65. The van der Waals surface area contributed by atoms with Gasteiger partial charge in [-0.2, -0.15) is 9.88 Å². The highest BCUT2D eigenvalue weighted by atomic mass is 16.5. The molecule has 1 saturated heterocycles. The van der Waals surface area contributed by atoms with Crippen LogP contribution in [0.1, 0.15) is 13.8 Å². The molecular weight excluding hydrogens is 356 g/mol. The number of hydrogen-bond acceptors (Lipinski definition) is 5. The minimum Gasteiger partial charge on any atom is -0.438 e. The van der Waals surface area contributed by atoms with Gasteiger partial charge in [0, 0.05) is 17.8 Å². The summed E-state index contributed by atoms with van der Waals surface area (Å²) in [4.78, 5) is 32.7. The number of amides is 3. The van der Waals surface area contributed by atoms with Crippen molar-refractivity contribution < 1.29 is 14.3 Å². The molecule has 3 amide bonds. The maximum Gasteiger partial charge on any atom is 0.331 e. The molecule has 1 aliphatic rings. The van der Waals surface area contributed by atoms with Crippen LogP contribution in [0.15, 0.2) is 66.9 Å². The van der Waals surface area contributed by atoms with E-state index in [0.29, 0.717) is 5.75 Å². The van der Waals surface area contributed by atoms with Gasteiger partial charge in [-0.1, -0.05) is 62.4 Å². The third kappa shape index (κ3) is 3.98. The van der Waals surface area contributed by atoms with Crippen LogP contribution in [0, 0.1) is 0 Å². The van der Waals surface area contributed by atoms with Crippen molar-refractivity contribution in [2.45, 2.75) is 13.8 Å². The average molecular weight is 376 g/mol. The lowest BCUT2D eigenvalue weighted by Gasteiger charge is -2.13. The molecule has 0 saturated carbocycles. The van der Waals surface area contributed by atoms with Crippen LogP contribution in [0.2, 0.25) is 0 Å². The van der Waals surface area contributed by atoms with Crippen molar-refractivity contribution >= 4 is 17.9 Å². The Morgan fingerprint density at radius 1 is 0.964 bits per heavy atom. The molecule has 2 heterocycles. The third-order valence-corrected chi connectivity index (χ3v) is 3.85. The van der Waals surface area contributed by atoms with Gasteiger partial charge in [-0.25, -0.2) is 9.78 Å². The van der Waals surface area contributed by atoms with Crippen molar-refractivity contribution in [2.75, 3.05) is 11.4 Å². The van der Waals surface area contributed by atoms with Crippen LogP contribution in [-0.4, -0.2) is 28.5 Å². The van der Waals surface area contributed by atoms with Crippen molar-refractivity contribution in [2.24, 2.45) is 0 Å². The standard InChI is InChI=1S/C19H14N4O3.C2H6/c24-17-12-21-19(25)23(17)18-20-11-10-16(22-18)26-15-9-5-4-8-14(15)13-6-2-1-3-7-13;1-2/h1-11H,12H2,(H,21,25);1-2H3. The van der Waals surface area contributed by atoms with Crippen LogP contribution in [0.4, 0.5) is 10.7 Å². The molecule has 4 rings (SSSR count). The molecule has 1 aromatic heterocycles. The normalized spacial score (nSPS) is 12.9. The summed E-state index contributed by atoms with van der Waals surface area (Å²) in [5.74, 6) is 0.433. The summed E-state index contributed by atoms with van der Waals surface area (Å²) in [5.41, 5.74) is 1.91. The number of ether oxygens (including phenoxy) is 1. The van der Waals surface area contributed by atoms with Gasteiger partial charge in [-0.3, -0.25) is 4.79 Å². The van der Waals surface area contributed by atoms with Crippen LogP contribution < -0.4 is 15.0 Å². The van der Waals surface area contributed by atoms with E-state index in [1.165, 1.54) is 6.20 Å². The van der Waals surface area contributed by atoms with Gasteiger partial charge < -0.3 is 10.1 Å². The molecule has 1 N–H and O–H groups in total. The Labute approximate surface area is 163 Å². The van der Waals surface area contributed by atoms with Gasteiger partial charge in [-0.05, 0) is 11.6 Å². The Morgan fingerprint density at radius 3 is 2.39 bits per heavy atom. The molecule has 28 heavy (non-hydrogen) atoms. The summed E-state index contributed by atoms with van der Waals surface area (Å²) in [5, 5.41) is 2.43. The number of carbonyl (C=O) groups is 2. The fraction of sp³-hybridized carbons (Fsp3) is 0.143. The smallest absolute Gasteiger partial charge is 0.331 e. The maximum absolute atomic E-state index is 11.8. The van der Waals surface area contributed by atoms with E-state index in [2.05, 4.69) is 15.3 Å². The average Bonchev–Trinajstić information content (AvgIpc) is 3.09. The zero-order chi connectivity index (χ0) is 19.9. The molecule has 0 spiro atoms. The maximum atomic E-state index is 11.8. The summed E-state index contributed by atoms with van der Waals surface area (Å²) in [6, 6.07) is 18.4. The second kappa shape index (κ2) is 8.77. The first-order valence-corrected chi connectivity index (χ1v) is 8.98. The number of aromatic nitrogens is 2. The second-order valence-electron chi connectivity index (χ2n) is 5.55. The predicted molar refractivity (Wildman–Crippen MR) is 106 cm³/mol. The summed E-state index contributed by atoms with van der Waals surface area (Å²) in [6.45, 7) is 3.93. The Balaban J connectivity index is 0.00000109. The topological polar surface area (TPSA) is 84.4 Å². The van der Waals surface area contributed by atoms with Gasteiger partial charge >= 0.3 is 6.03 Å². The number of urea groups is 1. The van der Waals surface area contributed by atoms with Crippen molar-refractivity contribution in [3.05, 3.63) is 66.9 Å². The van der Waals surface area contributed by atoms with Gasteiger partial charge in [0.1, 0.15) is 5.75 Å². The molecule has 7 nitrogen and oxygen atoms in total. The highest BCUT2D eigenvalue weighted by molar-refractivity contribution is 6.18. The van der Waals surface area contributed by atoms with E-state index < -0.39 is 11.9 Å². The van der Waals surface area contributed by atoms with Crippen LogP contribution in [0.3, 0.4) is 0 Å². The third-order valence-electron chi connectivity index (χ3n) is 3.85. The predicted octanol–water partition coefficient (Wildman–Crippen LogP) is 4.02. The quantitative estimate of drug-likeness (QED) is 0.695. The fourth-order valence-electron chi connectivity index (χ4n) is 2.65. The van der Waals surface area contributed by atoms with E-state index >= 15 is 0 Å². The van der Waals surface area contributed by atoms with E-state index in [-0.39, 0.29) is 18.4 Å². The van der Waals surface area contributed by atoms with Crippen LogP contribution >= 0.6 is 0 Å². The van der Waals surface area contributed by atoms with E-state index in [1.807, 2.05) is 68.4 Å².